The van der Waals surface area contributed by atoms with Gasteiger partial charge in [-0.25, -0.2) is 0 Å². The second-order valence-electron chi connectivity index (χ2n) is 9.79. The molecule has 0 saturated carbocycles. The summed E-state index contributed by atoms with van der Waals surface area (Å²) < 4.78 is 28.8. The van der Waals surface area contributed by atoms with Crippen LogP contribution in [0.1, 0.15) is 16.7 Å². The molecule has 3 atom stereocenters. The Morgan fingerprint density at radius 2 is 1.46 bits per heavy atom. The summed E-state index contributed by atoms with van der Waals surface area (Å²) >= 11 is 0. The SMILES string of the molecule is COc1ccc(COCC2C(Cc3c(O)ccc4ccccc34)OCC2(O)OCc2ccc(OC)cc2)cc1. The molecule has 204 valence electrons. The molecule has 0 spiro atoms. The zero-order valence-corrected chi connectivity index (χ0v) is 22.2. The van der Waals surface area contributed by atoms with Gasteiger partial charge in [0.15, 0.2) is 5.79 Å². The third-order valence-corrected chi connectivity index (χ3v) is 7.33. The molecular formula is C32H34O7. The Kier molecular flexibility index (Phi) is 8.33. The van der Waals surface area contributed by atoms with Crippen molar-refractivity contribution in [1.82, 2.24) is 0 Å². The van der Waals surface area contributed by atoms with E-state index in [0.29, 0.717) is 13.0 Å². The Morgan fingerprint density at radius 3 is 2.13 bits per heavy atom. The van der Waals surface area contributed by atoms with Crippen LogP contribution in [0, 0.1) is 5.92 Å². The maximum absolute atomic E-state index is 11.7. The first kappa shape index (κ1) is 27.0. The molecule has 7 nitrogen and oxygen atoms in total. The number of rotatable bonds is 11. The molecule has 1 heterocycles. The van der Waals surface area contributed by atoms with Crippen LogP contribution < -0.4 is 9.47 Å². The van der Waals surface area contributed by atoms with Gasteiger partial charge in [-0.15, -0.1) is 0 Å². The second kappa shape index (κ2) is 12.1. The van der Waals surface area contributed by atoms with E-state index < -0.39 is 17.8 Å². The zero-order valence-electron chi connectivity index (χ0n) is 22.2. The van der Waals surface area contributed by atoms with E-state index in [2.05, 4.69) is 0 Å². The number of methoxy groups -OCH3 is 2. The van der Waals surface area contributed by atoms with E-state index in [-0.39, 0.29) is 25.6 Å². The predicted octanol–water partition coefficient (Wildman–Crippen LogP) is 5.24. The highest BCUT2D eigenvalue weighted by atomic mass is 16.7. The van der Waals surface area contributed by atoms with Crippen molar-refractivity contribution in [2.75, 3.05) is 27.4 Å². The van der Waals surface area contributed by atoms with E-state index in [4.69, 9.17) is 23.7 Å². The molecule has 0 bridgehead atoms. The zero-order chi connectivity index (χ0) is 27.2. The molecule has 1 aliphatic heterocycles. The van der Waals surface area contributed by atoms with Crippen molar-refractivity contribution in [2.45, 2.75) is 31.5 Å². The van der Waals surface area contributed by atoms with E-state index in [1.54, 1.807) is 20.3 Å². The fraction of sp³-hybridized carbons (Fsp3) is 0.312. The first-order valence-corrected chi connectivity index (χ1v) is 13.0. The maximum Gasteiger partial charge on any atom is 0.197 e. The minimum Gasteiger partial charge on any atom is -0.508 e. The standard InChI is InChI=1S/C32H34O7/c1-35-25-12-7-22(8-13-25)18-37-20-29-31(17-28-27-6-4-3-5-24(27)11-16-30(28)33)38-21-32(29,34)39-19-23-9-14-26(36-2)15-10-23/h3-16,29,31,33-34H,17-21H2,1-2H3. The van der Waals surface area contributed by atoms with Crippen LogP contribution in [0.5, 0.6) is 17.2 Å². The van der Waals surface area contributed by atoms with Crippen LogP contribution in [0.4, 0.5) is 0 Å². The van der Waals surface area contributed by atoms with E-state index in [1.165, 1.54) is 0 Å². The van der Waals surface area contributed by atoms with Gasteiger partial charge in [-0.2, -0.15) is 0 Å². The van der Waals surface area contributed by atoms with Crippen LogP contribution in [0.3, 0.4) is 0 Å². The third-order valence-electron chi connectivity index (χ3n) is 7.33. The van der Waals surface area contributed by atoms with Crippen LogP contribution in [0.25, 0.3) is 10.8 Å². The molecule has 0 aromatic heterocycles. The molecule has 1 fully saturated rings. The summed E-state index contributed by atoms with van der Waals surface area (Å²) in [5, 5.41) is 24.4. The Bertz CT molecular complexity index is 1370. The van der Waals surface area contributed by atoms with Gasteiger partial charge in [-0.05, 0) is 52.2 Å². The molecule has 3 unspecified atom stereocenters. The quantitative estimate of drug-likeness (QED) is 0.257. The number of phenolic OH excluding ortho intramolecular Hbond substituents is 1. The predicted molar refractivity (Wildman–Crippen MR) is 148 cm³/mol. The lowest BCUT2D eigenvalue weighted by atomic mass is 9.90. The van der Waals surface area contributed by atoms with Gasteiger partial charge in [-0.3, -0.25) is 0 Å². The second-order valence-corrected chi connectivity index (χ2v) is 9.79. The molecule has 5 rings (SSSR count). The number of aromatic hydroxyl groups is 1. The third kappa shape index (κ3) is 6.18. The number of benzene rings is 4. The highest BCUT2D eigenvalue weighted by Gasteiger charge is 2.50. The summed E-state index contributed by atoms with van der Waals surface area (Å²) in [7, 11) is 3.25. The Hall–Kier alpha value is -3.62. The van der Waals surface area contributed by atoms with Crippen molar-refractivity contribution in [3.8, 4) is 17.2 Å². The van der Waals surface area contributed by atoms with Gasteiger partial charge >= 0.3 is 0 Å². The van der Waals surface area contributed by atoms with Gasteiger partial charge in [-0.1, -0.05) is 54.6 Å². The molecule has 1 aliphatic rings. The minimum atomic E-state index is -1.56. The maximum atomic E-state index is 11.7. The van der Waals surface area contributed by atoms with Crippen molar-refractivity contribution in [1.29, 1.82) is 0 Å². The summed E-state index contributed by atoms with van der Waals surface area (Å²) in [6.07, 6.45) is -0.0313. The van der Waals surface area contributed by atoms with Crippen LogP contribution in [0.2, 0.25) is 0 Å². The smallest absolute Gasteiger partial charge is 0.197 e. The monoisotopic (exact) mass is 530 g/mol. The van der Waals surface area contributed by atoms with Crippen LogP contribution in [0.15, 0.2) is 84.9 Å². The first-order valence-electron chi connectivity index (χ1n) is 13.0. The Morgan fingerprint density at radius 1 is 0.821 bits per heavy atom. The van der Waals surface area contributed by atoms with Crippen LogP contribution in [-0.2, 0) is 33.8 Å². The van der Waals surface area contributed by atoms with Gasteiger partial charge in [0.25, 0.3) is 0 Å². The number of fused-ring (bicyclic) bond motifs is 1. The van der Waals surface area contributed by atoms with Crippen molar-refractivity contribution in [3.63, 3.8) is 0 Å². The Labute approximate surface area is 228 Å². The van der Waals surface area contributed by atoms with Gasteiger partial charge in [0.1, 0.15) is 23.9 Å². The lowest BCUT2D eigenvalue weighted by Crippen LogP contribution is -2.44. The minimum absolute atomic E-state index is 0.00406. The summed E-state index contributed by atoms with van der Waals surface area (Å²) in [4.78, 5) is 0. The molecule has 0 amide bonds. The number of ether oxygens (including phenoxy) is 5. The van der Waals surface area contributed by atoms with E-state index >= 15 is 0 Å². The van der Waals surface area contributed by atoms with E-state index in [0.717, 1.165) is 39.0 Å². The topological polar surface area (TPSA) is 86.6 Å². The number of phenols is 1. The fourth-order valence-electron chi connectivity index (χ4n) is 5.02. The molecule has 39 heavy (non-hydrogen) atoms. The normalized spacial score (nSPS) is 20.8. The summed E-state index contributed by atoms with van der Waals surface area (Å²) in [6.45, 7) is 0.767. The Balaban J connectivity index is 1.34. The lowest BCUT2D eigenvalue weighted by Gasteiger charge is -2.30. The van der Waals surface area contributed by atoms with Crippen LogP contribution >= 0.6 is 0 Å². The van der Waals surface area contributed by atoms with Gasteiger partial charge in [0.05, 0.1) is 46.1 Å². The van der Waals surface area contributed by atoms with Crippen LogP contribution in [-0.4, -0.2) is 49.5 Å². The largest absolute Gasteiger partial charge is 0.508 e. The van der Waals surface area contributed by atoms with E-state index in [1.807, 2.05) is 78.9 Å². The lowest BCUT2D eigenvalue weighted by molar-refractivity contribution is -0.237. The molecule has 4 aromatic rings. The summed E-state index contributed by atoms with van der Waals surface area (Å²) in [5.41, 5.74) is 2.66. The van der Waals surface area contributed by atoms with Crippen molar-refractivity contribution < 1.29 is 33.9 Å². The average Bonchev–Trinajstić information content (AvgIpc) is 3.29. The molecule has 4 aromatic carbocycles. The molecule has 0 radical (unpaired) electrons. The number of hydrogen-bond donors (Lipinski definition) is 2. The number of hydrogen-bond acceptors (Lipinski definition) is 7. The fourth-order valence-corrected chi connectivity index (χ4v) is 5.02. The summed E-state index contributed by atoms with van der Waals surface area (Å²) in [5.74, 6) is -0.331. The first-order chi connectivity index (χ1) is 19.0. The summed E-state index contributed by atoms with van der Waals surface area (Å²) in [6, 6.07) is 26.7. The van der Waals surface area contributed by atoms with E-state index in [9.17, 15) is 10.2 Å². The molecule has 0 aliphatic carbocycles. The van der Waals surface area contributed by atoms with Gasteiger partial charge in [0, 0.05) is 12.0 Å². The van der Waals surface area contributed by atoms with Gasteiger partial charge < -0.3 is 33.9 Å². The molecule has 7 heteroatoms. The molecule has 2 N–H and O–H groups in total. The van der Waals surface area contributed by atoms with Gasteiger partial charge in [0.2, 0.25) is 0 Å². The van der Waals surface area contributed by atoms with Crippen molar-refractivity contribution >= 4 is 10.8 Å². The van der Waals surface area contributed by atoms with Crippen molar-refractivity contribution in [3.05, 3.63) is 102 Å². The van der Waals surface area contributed by atoms with Crippen molar-refractivity contribution in [2.24, 2.45) is 5.92 Å². The molecule has 1 saturated heterocycles. The molecular weight excluding hydrogens is 496 g/mol. The average molecular weight is 531 g/mol. The number of aliphatic hydroxyl groups is 1. The highest BCUT2D eigenvalue weighted by Crippen LogP contribution is 2.38. The highest BCUT2D eigenvalue weighted by molar-refractivity contribution is 5.87.